The first-order chi connectivity index (χ1) is 17.6. The zero-order chi connectivity index (χ0) is 28.7. The van der Waals surface area contributed by atoms with Crippen molar-refractivity contribution in [3.8, 4) is 5.75 Å². The number of amides is 4. The first-order valence-corrected chi connectivity index (χ1v) is 12.3. The molecular formula is C28H38N4O6. The predicted molar refractivity (Wildman–Crippen MR) is 143 cm³/mol. The molecule has 0 spiro atoms. The van der Waals surface area contributed by atoms with Crippen LogP contribution in [0.25, 0.3) is 0 Å². The van der Waals surface area contributed by atoms with E-state index in [9.17, 15) is 24.3 Å². The molecule has 0 radical (unpaired) electrons. The van der Waals surface area contributed by atoms with Crippen LogP contribution in [0.3, 0.4) is 0 Å². The second kappa shape index (κ2) is 12.4. The number of aromatic hydroxyl groups is 1. The Bertz CT molecular complexity index is 1140. The Kier molecular flexibility index (Phi) is 9.87. The van der Waals surface area contributed by atoms with Crippen molar-refractivity contribution in [2.45, 2.75) is 77.7 Å². The van der Waals surface area contributed by atoms with Crippen LogP contribution in [0.15, 0.2) is 54.6 Å². The fourth-order valence-corrected chi connectivity index (χ4v) is 3.86. The molecule has 0 aliphatic heterocycles. The van der Waals surface area contributed by atoms with Crippen LogP contribution in [0, 0.1) is 0 Å². The number of carbonyl (C=O) groups is 4. The number of phenolic OH excluding ortho intramolecular Hbond substituents is 1. The highest BCUT2D eigenvalue weighted by molar-refractivity contribution is 5.95. The van der Waals surface area contributed by atoms with E-state index in [0.717, 1.165) is 5.56 Å². The van der Waals surface area contributed by atoms with Crippen molar-refractivity contribution in [2.75, 3.05) is 0 Å². The minimum Gasteiger partial charge on any atom is -0.508 e. The van der Waals surface area contributed by atoms with Crippen LogP contribution in [-0.4, -0.2) is 51.0 Å². The zero-order valence-electron chi connectivity index (χ0n) is 22.8. The highest BCUT2D eigenvalue weighted by Gasteiger charge is 2.42. The van der Waals surface area contributed by atoms with E-state index in [1.807, 2.05) is 30.3 Å². The normalized spacial score (nSPS) is 13.1. The topological polar surface area (TPSA) is 151 Å². The van der Waals surface area contributed by atoms with E-state index in [1.165, 1.54) is 17.0 Å². The number of benzene rings is 2. The summed E-state index contributed by atoms with van der Waals surface area (Å²) in [4.78, 5) is 53.4. The van der Waals surface area contributed by atoms with Gasteiger partial charge < -0.3 is 31.1 Å². The summed E-state index contributed by atoms with van der Waals surface area (Å²) in [6.45, 7) is 10.3. The molecule has 0 heterocycles. The SMILES string of the molecule is CC(C)(C)OC(=O)NC(CC(N)=O)C(=O)N(C(C(=O)NCc1ccccc1)c1cccc(O)c1)C(C)(C)C. The molecule has 2 aromatic rings. The molecule has 10 nitrogen and oxygen atoms in total. The number of rotatable bonds is 9. The Hall–Kier alpha value is -4.08. The average Bonchev–Trinajstić information content (AvgIpc) is 2.78. The molecule has 5 N–H and O–H groups in total. The van der Waals surface area contributed by atoms with Gasteiger partial charge in [0.05, 0.1) is 6.42 Å². The van der Waals surface area contributed by atoms with Crippen molar-refractivity contribution < 1.29 is 29.0 Å². The maximum absolute atomic E-state index is 14.0. The Morgan fingerprint density at radius 1 is 0.974 bits per heavy atom. The number of nitrogens with zero attached hydrogens (tertiary/aromatic N) is 1. The lowest BCUT2D eigenvalue weighted by molar-refractivity contribution is -0.149. The molecule has 0 aliphatic carbocycles. The van der Waals surface area contributed by atoms with Crippen LogP contribution < -0.4 is 16.4 Å². The van der Waals surface area contributed by atoms with Crippen LogP contribution in [0.5, 0.6) is 5.75 Å². The highest BCUT2D eigenvalue weighted by atomic mass is 16.6. The highest BCUT2D eigenvalue weighted by Crippen LogP contribution is 2.32. The molecule has 0 fully saturated rings. The van der Waals surface area contributed by atoms with E-state index in [2.05, 4.69) is 10.6 Å². The standard InChI is InChI=1S/C28H38N4O6/c1-27(2,3)32(25(36)21(16-22(29)34)31-26(37)38-28(4,5)6)23(19-13-10-14-20(33)15-19)24(35)30-17-18-11-8-7-9-12-18/h7-15,21,23,33H,16-17H2,1-6H3,(H2,29,34)(H,30,35)(H,31,37). The average molecular weight is 527 g/mol. The summed E-state index contributed by atoms with van der Waals surface area (Å²) in [5.41, 5.74) is 4.78. The minimum atomic E-state index is -1.40. The molecule has 2 aromatic carbocycles. The summed E-state index contributed by atoms with van der Waals surface area (Å²) in [5, 5.41) is 15.5. The van der Waals surface area contributed by atoms with Crippen LogP contribution in [0.4, 0.5) is 4.79 Å². The molecule has 2 unspecified atom stereocenters. The van der Waals surface area contributed by atoms with Gasteiger partial charge in [-0.05, 0) is 64.8 Å². The van der Waals surface area contributed by atoms with Crippen molar-refractivity contribution in [1.29, 1.82) is 0 Å². The van der Waals surface area contributed by atoms with Crippen LogP contribution in [-0.2, 0) is 25.7 Å². The van der Waals surface area contributed by atoms with E-state index < -0.39 is 53.5 Å². The number of nitrogens with two attached hydrogens (primary N) is 1. The summed E-state index contributed by atoms with van der Waals surface area (Å²) >= 11 is 0. The molecule has 0 saturated heterocycles. The lowest BCUT2D eigenvalue weighted by Gasteiger charge is -2.43. The van der Waals surface area contributed by atoms with E-state index in [-0.39, 0.29) is 12.3 Å². The number of primary amides is 1. The maximum atomic E-state index is 14.0. The van der Waals surface area contributed by atoms with Crippen molar-refractivity contribution in [2.24, 2.45) is 5.73 Å². The molecule has 206 valence electrons. The molecule has 0 aromatic heterocycles. The van der Waals surface area contributed by atoms with Gasteiger partial charge in [0.1, 0.15) is 23.4 Å². The molecule has 10 heteroatoms. The largest absolute Gasteiger partial charge is 0.508 e. The number of ether oxygens (including phenoxy) is 1. The summed E-state index contributed by atoms with van der Waals surface area (Å²) in [5.74, 6) is -2.15. The van der Waals surface area contributed by atoms with E-state index in [0.29, 0.717) is 5.56 Å². The maximum Gasteiger partial charge on any atom is 0.408 e. The second-order valence-electron chi connectivity index (χ2n) is 10.9. The number of alkyl carbamates (subject to hydrolysis) is 1. The summed E-state index contributed by atoms with van der Waals surface area (Å²) in [7, 11) is 0. The van der Waals surface area contributed by atoms with Crippen molar-refractivity contribution in [1.82, 2.24) is 15.5 Å². The lowest BCUT2D eigenvalue weighted by Crippen LogP contribution is -2.59. The Morgan fingerprint density at radius 2 is 1.61 bits per heavy atom. The summed E-state index contributed by atoms with van der Waals surface area (Å²) < 4.78 is 5.28. The van der Waals surface area contributed by atoms with Gasteiger partial charge >= 0.3 is 6.09 Å². The van der Waals surface area contributed by atoms with E-state index >= 15 is 0 Å². The molecule has 4 amide bonds. The first kappa shape index (κ1) is 30.1. The third-order valence-electron chi connectivity index (χ3n) is 5.36. The third-order valence-corrected chi connectivity index (χ3v) is 5.36. The van der Waals surface area contributed by atoms with E-state index in [1.54, 1.807) is 53.7 Å². The van der Waals surface area contributed by atoms with Crippen LogP contribution >= 0.6 is 0 Å². The smallest absolute Gasteiger partial charge is 0.408 e. The number of hydrogen-bond acceptors (Lipinski definition) is 6. The summed E-state index contributed by atoms with van der Waals surface area (Å²) in [6.07, 6.45) is -1.42. The van der Waals surface area contributed by atoms with Crippen LogP contribution in [0.2, 0.25) is 0 Å². The van der Waals surface area contributed by atoms with Gasteiger partial charge in [-0.3, -0.25) is 14.4 Å². The molecular weight excluding hydrogens is 488 g/mol. The monoisotopic (exact) mass is 526 g/mol. The summed E-state index contributed by atoms with van der Waals surface area (Å²) in [6, 6.07) is 12.7. The Morgan fingerprint density at radius 3 is 2.13 bits per heavy atom. The van der Waals surface area contributed by atoms with Gasteiger partial charge in [0.15, 0.2) is 0 Å². The molecule has 0 aliphatic rings. The fraction of sp³-hybridized carbons (Fsp3) is 0.429. The first-order valence-electron chi connectivity index (χ1n) is 12.3. The third kappa shape index (κ3) is 9.10. The number of carbonyl (C=O) groups excluding carboxylic acids is 4. The molecule has 2 rings (SSSR count). The van der Waals surface area contributed by atoms with Crippen molar-refractivity contribution in [3.05, 3.63) is 65.7 Å². The van der Waals surface area contributed by atoms with Crippen molar-refractivity contribution >= 4 is 23.8 Å². The van der Waals surface area contributed by atoms with Gasteiger partial charge in [-0.25, -0.2) is 4.79 Å². The molecule has 38 heavy (non-hydrogen) atoms. The van der Waals surface area contributed by atoms with Gasteiger partial charge in [0.25, 0.3) is 0 Å². The number of nitrogens with one attached hydrogen (secondary N) is 2. The second-order valence-corrected chi connectivity index (χ2v) is 10.9. The van der Waals surface area contributed by atoms with Crippen LogP contribution in [0.1, 0.15) is 65.1 Å². The van der Waals surface area contributed by atoms with Crippen molar-refractivity contribution in [3.63, 3.8) is 0 Å². The minimum absolute atomic E-state index is 0.0924. The molecule has 0 bridgehead atoms. The Labute approximate surface area is 223 Å². The number of phenols is 1. The van der Waals surface area contributed by atoms with Gasteiger partial charge in [-0.15, -0.1) is 0 Å². The van der Waals surface area contributed by atoms with Gasteiger partial charge in [0.2, 0.25) is 17.7 Å². The van der Waals surface area contributed by atoms with Gasteiger partial charge in [-0.2, -0.15) is 0 Å². The Balaban J connectivity index is 2.52. The predicted octanol–water partition coefficient (Wildman–Crippen LogP) is 3.15. The number of hydrogen-bond donors (Lipinski definition) is 4. The zero-order valence-corrected chi connectivity index (χ0v) is 22.8. The fourth-order valence-electron chi connectivity index (χ4n) is 3.86. The van der Waals surface area contributed by atoms with E-state index in [4.69, 9.17) is 10.5 Å². The van der Waals surface area contributed by atoms with Gasteiger partial charge in [0, 0.05) is 12.1 Å². The molecule has 2 atom stereocenters. The van der Waals surface area contributed by atoms with Gasteiger partial charge in [-0.1, -0.05) is 42.5 Å². The molecule has 0 saturated carbocycles. The lowest BCUT2D eigenvalue weighted by atomic mass is 9.94. The quantitative estimate of drug-likeness (QED) is 0.394.